The summed E-state index contributed by atoms with van der Waals surface area (Å²) in [6.07, 6.45) is 5.98. The zero-order valence-electron chi connectivity index (χ0n) is 13.4. The van der Waals surface area contributed by atoms with Gasteiger partial charge in [0.1, 0.15) is 0 Å². The Morgan fingerprint density at radius 2 is 1.67 bits per heavy atom. The number of benzene rings is 1. The fourth-order valence-electron chi connectivity index (χ4n) is 3.53. The average Bonchev–Trinajstić information content (AvgIpc) is 2.55. The molecule has 0 heterocycles. The molecule has 4 heteroatoms. The zero-order valence-corrected chi connectivity index (χ0v) is 13.4. The number of nitrogens with two attached hydrogens (primary N) is 1. The van der Waals surface area contributed by atoms with Crippen LogP contribution in [0.25, 0.3) is 0 Å². The number of ether oxygens (including phenoxy) is 3. The lowest BCUT2D eigenvalue weighted by Gasteiger charge is -2.38. The van der Waals surface area contributed by atoms with Crippen molar-refractivity contribution in [2.75, 3.05) is 27.9 Å². The minimum absolute atomic E-state index is 0.0163. The van der Waals surface area contributed by atoms with Crippen LogP contribution in [0.2, 0.25) is 0 Å². The second kappa shape index (κ2) is 7.14. The van der Waals surface area contributed by atoms with Crippen molar-refractivity contribution in [3.05, 3.63) is 23.3 Å². The molecule has 21 heavy (non-hydrogen) atoms. The first-order valence-electron chi connectivity index (χ1n) is 7.65. The zero-order chi connectivity index (χ0) is 15.3. The van der Waals surface area contributed by atoms with Gasteiger partial charge in [-0.25, -0.2) is 0 Å². The van der Waals surface area contributed by atoms with E-state index in [0.717, 1.165) is 29.9 Å². The van der Waals surface area contributed by atoms with Gasteiger partial charge in [-0.1, -0.05) is 31.4 Å². The molecule has 1 aliphatic carbocycles. The Balaban J connectivity index is 2.52. The van der Waals surface area contributed by atoms with Crippen LogP contribution in [0.5, 0.6) is 11.5 Å². The van der Waals surface area contributed by atoms with Gasteiger partial charge in [0.15, 0.2) is 11.5 Å². The first kappa shape index (κ1) is 16.1. The lowest BCUT2D eigenvalue weighted by Crippen LogP contribution is -2.37. The Kier molecular flexibility index (Phi) is 5.48. The van der Waals surface area contributed by atoms with Gasteiger partial charge in [0, 0.05) is 30.2 Å². The summed E-state index contributed by atoms with van der Waals surface area (Å²) >= 11 is 0. The molecule has 0 unspecified atom stereocenters. The molecule has 0 aromatic heterocycles. The van der Waals surface area contributed by atoms with E-state index in [1.165, 1.54) is 24.8 Å². The molecule has 0 spiro atoms. The lowest BCUT2D eigenvalue weighted by atomic mass is 9.69. The molecule has 4 nitrogen and oxygen atoms in total. The summed E-state index contributed by atoms with van der Waals surface area (Å²) in [5.41, 5.74) is 8.36. The molecule has 2 rings (SSSR count). The Labute approximate surface area is 127 Å². The van der Waals surface area contributed by atoms with Crippen molar-refractivity contribution < 1.29 is 14.2 Å². The third-order valence-electron chi connectivity index (χ3n) is 4.67. The Morgan fingerprint density at radius 3 is 2.19 bits per heavy atom. The van der Waals surface area contributed by atoms with Crippen molar-refractivity contribution in [2.45, 2.75) is 44.1 Å². The van der Waals surface area contributed by atoms with Crippen LogP contribution in [0, 0.1) is 0 Å². The summed E-state index contributed by atoms with van der Waals surface area (Å²) in [4.78, 5) is 0. The summed E-state index contributed by atoms with van der Waals surface area (Å²) in [6, 6.07) is 4.22. The van der Waals surface area contributed by atoms with Crippen LogP contribution >= 0.6 is 0 Å². The highest BCUT2D eigenvalue weighted by molar-refractivity contribution is 5.55. The normalized spacial score (nSPS) is 17.5. The third-order valence-corrected chi connectivity index (χ3v) is 4.67. The van der Waals surface area contributed by atoms with E-state index in [9.17, 15) is 0 Å². The number of hydrogen-bond acceptors (Lipinski definition) is 4. The van der Waals surface area contributed by atoms with E-state index in [0.29, 0.717) is 13.2 Å². The molecular formula is C17H27NO3. The van der Waals surface area contributed by atoms with Gasteiger partial charge in [-0.15, -0.1) is 0 Å². The highest BCUT2D eigenvalue weighted by Crippen LogP contribution is 2.47. The minimum Gasteiger partial charge on any atom is -0.493 e. The van der Waals surface area contributed by atoms with Gasteiger partial charge in [-0.05, 0) is 12.8 Å². The molecule has 0 atom stereocenters. The number of rotatable bonds is 6. The lowest BCUT2D eigenvalue weighted by molar-refractivity contribution is 0.180. The van der Waals surface area contributed by atoms with E-state index in [1.54, 1.807) is 21.3 Å². The Morgan fingerprint density at radius 1 is 1.00 bits per heavy atom. The summed E-state index contributed by atoms with van der Waals surface area (Å²) in [5.74, 6) is 1.59. The van der Waals surface area contributed by atoms with E-state index in [1.807, 2.05) is 0 Å². The number of methoxy groups -OCH3 is 3. The maximum atomic E-state index is 6.16. The summed E-state index contributed by atoms with van der Waals surface area (Å²) in [5, 5.41) is 0. The molecule has 1 aromatic rings. The van der Waals surface area contributed by atoms with E-state index in [4.69, 9.17) is 19.9 Å². The summed E-state index contributed by atoms with van der Waals surface area (Å²) in [7, 11) is 5.06. The van der Waals surface area contributed by atoms with Gasteiger partial charge in [0.25, 0.3) is 0 Å². The quantitative estimate of drug-likeness (QED) is 0.876. The molecule has 1 aromatic carbocycles. The van der Waals surface area contributed by atoms with Crippen LogP contribution in [0.15, 0.2) is 12.1 Å². The highest BCUT2D eigenvalue weighted by Gasteiger charge is 2.36. The monoisotopic (exact) mass is 293 g/mol. The maximum absolute atomic E-state index is 6.16. The van der Waals surface area contributed by atoms with Crippen LogP contribution in [0.1, 0.15) is 43.2 Å². The van der Waals surface area contributed by atoms with Crippen molar-refractivity contribution in [1.82, 2.24) is 0 Å². The molecule has 0 bridgehead atoms. The molecule has 0 saturated heterocycles. The average molecular weight is 293 g/mol. The number of hydrogen-bond donors (Lipinski definition) is 1. The van der Waals surface area contributed by atoms with Gasteiger partial charge in [-0.3, -0.25) is 0 Å². The van der Waals surface area contributed by atoms with Crippen molar-refractivity contribution in [2.24, 2.45) is 5.73 Å². The van der Waals surface area contributed by atoms with Gasteiger partial charge in [-0.2, -0.15) is 0 Å². The fourth-order valence-corrected chi connectivity index (χ4v) is 3.53. The van der Waals surface area contributed by atoms with E-state index < -0.39 is 0 Å². The Bertz CT molecular complexity index is 467. The van der Waals surface area contributed by atoms with Crippen LogP contribution in [-0.2, 0) is 16.8 Å². The maximum Gasteiger partial charge on any atom is 0.166 e. The van der Waals surface area contributed by atoms with Gasteiger partial charge < -0.3 is 19.9 Å². The fraction of sp³-hybridized carbons (Fsp3) is 0.647. The summed E-state index contributed by atoms with van der Waals surface area (Å²) in [6.45, 7) is 1.16. The van der Waals surface area contributed by atoms with Crippen molar-refractivity contribution >= 4 is 0 Å². The van der Waals surface area contributed by atoms with Crippen LogP contribution < -0.4 is 15.2 Å². The molecule has 2 N–H and O–H groups in total. The summed E-state index contributed by atoms with van der Waals surface area (Å²) < 4.78 is 16.5. The molecule has 118 valence electrons. The SMILES string of the molecule is COCc1ccc(C2(CN)CCCCC2)c(OC)c1OC. The highest BCUT2D eigenvalue weighted by atomic mass is 16.5. The van der Waals surface area contributed by atoms with Crippen molar-refractivity contribution in [1.29, 1.82) is 0 Å². The smallest absolute Gasteiger partial charge is 0.166 e. The third kappa shape index (κ3) is 3.01. The predicted molar refractivity (Wildman–Crippen MR) is 84.1 cm³/mol. The molecule has 0 amide bonds. The first-order valence-corrected chi connectivity index (χ1v) is 7.65. The molecular weight excluding hydrogens is 266 g/mol. The van der Waals surface area contributed by atoms with Crippen LogP contribution in [0.3, 0.4) is 0 Å². The molecule has 1 fully saturated rings. The van der Waals surface area contributed by atoms with E-state index >= 15 is 0 Å². The molecule has 1 aliphatic rings. The van der Waals surface area contributed by atoms with Gasteiger partial charge >= 0.3 is 0 Å². The first-order chi connectivity index (χ1) is 10.2. The molecule has 0 radical (unpaired) electrons. The molecule has 0 aliphatic heterocycles. The largest absolute Gasteiger partial charge is 0.493 e. The topological polar surface area (TPSA) is 53.7 Å². The van der Waals surface area contributed by atoms with Crippen molar-refractivity contribution in [3.63, 3.8) is 0 Å². The van der Waals surface area contributed by atoms with E-state index in [2.05, 4.69) is 12.1 Å². The second-order valence-electron chi connectivity index (χ2n) is 5.82. The van der Waals surface area contributed by atoms with Crippen LogP contribution in [0.4, 0.5) is 0 Å². The van der Waals surface area contributed by atoms with Crippen molar-refractivity contribution in [3.8, 4) is 11.5 Å². The predicted octanol–water partition coefficient (Wildman–Crippen LogP) is 3.01. The van der Waals surface area contributed by atoms with Crippen LogP contribution in [-0.4, -0.2) is 27.9 Å². The van der Waals surface area contributed by atoms with Gasteiger partial charge in [0.2, 0.25) is 0 Å². The Hall–Kier alpha value is -1.26. The standard InChI is InChI=1S/C17H27NO3/c1-19-11-13-7-8-14(16(21-3)15(13)20-2)17(12-18)9-5-4-6-10-17/h7-8H,4-6,9-12,18H2,1-3H3. The van der Waals surface area contributed by atoms with E-state index in [-0.39, 0.29) is 5.41 Å². The minimum atomic E-state index is 0.0163. The van der Waals surface area contributed by atoms with Gasteiger partial charge in [0.05, 0.1) is 20.8 Å². The molecule has 1 saturated carbocycles. The second-order valence-corrected chi connectivity index (χ2v) is 5.82.